The van der Waals surface area contributed by atoms with E-state index in [1.807, 2.05) is 18.2 Å². The molecule has 5 nitrogen and oxygen atoms in total. The number of likely N-dealkylation sites (N-methyl/N-ethyl adjacent to an activating group) is 1. The SMILES string of the molecule is CC[NH+]1CCN(Cc2ccccc2-c2nc(C(=O)[O-])cs2)CC1. The van der Waals surface area contributed by atoms with E-state index in [2.05, 4.69) is 22.9 Å². The molecule has 6 heteroatoms. The van der Waals surface area contributed by atoms with Gasteiger partial charge >= 0.3 is 0 Å². The third kappa shape index (κ3) is 3.77. The summed E-state index contributed by atoms with van der Waals surface area (Å²) in [4.78, 5) is 19.2. The van der Waals surface area contributed by atoms with Crippen molar-refractivity contribution in [2.24, 2.45) is 0 Å². The number of quaternary nitrogens is 1. The van der Waals surface area contributed by atoms with Crippen molar-refractivity contribution >= 4 is 17.3 Å². The fourth-order valence-electron chi connectivity index (χ4n) is 2.98. The number of hydrogen-bond donors (Lipinski definition) is 1. The zero-order chi connectivity index (χ0) is 16.2. The third-order valence-corrected chi connectivity index (χ3v) is 5.29. The number of nitrogens with one attached hydrogen (secondary N) is 1. The van der Waals surface area contributed by atoms with Gasteiger partial charge in [0.15, 0.2) is 0 Å². The van der Waals surface area contributed by atoms with E-state index in [9.17, 15) is 9.90 Å². The van der Waals surface area contributed by atoms with Crippen molar-refractivity contribution < 1.29 is 14.8 Å². The monoisotopic (exact) mass is 331 g/mol. The van der Waals surface area contributed by atoms with Crippen molar-refractivity contribution in [1.82, 2.24) is 9.88 Å². The van der Waals surface area contributed by atoms with Gasteiger partial charge in [-0.15, -0.1) is 11.3 Å². The summed E-state index contributed by atoms with van der Waals surface area (Å²) in [6.45, 7) is 8.87. The normalized spacial score (nSPS) is 16.6. The van der Waals surface area contributed by atoms with E-state index >= 15 is 0 Å². The van der Waals surface area contributed by atoms with Crippen LogP contribution in [0.3, 0.4) is 0 Å². The van der Waals surface area contributed by atoms with Gasteiger partial charge in [0.05, 0.1) is 31.3 Å². The number of carbonyl (C=O) groups is 1. The molecule has 1 N–H and O–H groups in total. The number of piperazine rings is 1. The molecule has 1 aromatic heterocycles. The number of carbonyl (C=O) groups excluding carboxylic acids is 1. The summed E-state index contributed by atoms with van der Waals surface area (Å²) in [5.74, 6) is -1.22. The summed E-state index contributed by atoms with van der Waals surface area (Å²) >= 11 is 1.36. The predicted molar refractivity (Wildman–Crippen MR) is 88.4 cm³/mol. The minimum atomic E-state index is -1.22. The Morgan fingerprint density at radius 3 is 2.74 bits per heavy atom. The van der Waals surface area contributed by atoms with E-state index in [0.717, 1.165) is 30.2 Å². The van der Waals surface area contributed by atoms with Gasteiger partial charge in [-0.3, -0.25) is 4.90 Å². The van der Waals surface area contributed by atoms with Gasteiger partial charge in [0.25, 0.3) is 0 Å². The molecule has 2 heterocycles. The van der Waals surface area contributed by atoms with Crippen LogP contribution in [0.4, 0.5) is 0 Å². The maximum atomic E-state index is 10.9. The van der Waals surface area contributed by atoms with Gasteiger partial charge in [-0.05, 0) is 12.5 Å². The topological polar surface area (TPSA) is 60.7 Å². The van der Waals surface area contributed by atoms with Crippen LogP contribution < -0.4 is 10.0 Å². The molecule has 23 heavy (non-hydrogen) atoms. The quantitative estimate of drug-likeness (QED) is 0.831. The lowest BCUT2D eigenvalue weighted by Gasteiger charge is -2.31. The predicted octanol–water partition coefficient (Wildman–Crippen LogP) is -0.106. The number of thiazole rings is 1. The standard InChI is InChI=1S/C17H21N3O2S/c1-2-19-7-9-20(10-8-19)11-13-5-3-4-6-14(13)16-18-15(12-23-16)17(21)22/h3-6,12H,2,7-11H2,1H3,(H,21,22). The molecule has 122 valence electrons. The van der Waals surface area contributed by atoms with Crippen molar-refractivity contribution in [3.8, 4) is 10.6 Å². The van der Waals surface area contributed by atoms with Crippen LogP contribution >= 0.6 is 11.3 Å². The molecule has 1 fully saturated rings. The van der Waals surface area contributed by atoms with Crippen molar-refractivity contribution in [3.63, 3.8) is 0 Å². The number of rotatable bonds is 5. The lowest BCUT2D eigenvalue weighted by Crippen LogP contribution is -3.14. The Hall–Kier alpha value is -1.76. The number of aromatic nitrogens is 1. The average molecular weight is 331 g/mol. The van der Waals surface area contributed by atoms with E-state index in [-0.39, 0.29) is 5.69 Å². The number of carboxylic acids is 1. The maximum absolute atomic E-state index is 10.9. The highest BCUT2D eigenvalue weighted by Gasteiger charge is 2.20. The molecule has 2 aromatic rings. The second-order valence-corrected chi connectivity index (χ2v) is 6.72. The fourth-order valence-corrected chi connectivity index (χ4v) is 3.83. The zero-order valence-electron chi connectivity index (χ0n) is 13.2. The van der Waals surface area contributed by atoms with Gasteiger partial charge < -0.3 is 14.8 Å². The first kappa shape index (κ1) is 16.1. The Kier molecular flexibility index (Phi) is 5.05. The minimum absolute atomic E-state index is 0.0139. The first-order valence-electron chi connectivity index (χ1n) is 7.98. The van der Waals surface area contributed by atoms with Gasteiger partial charge in [0.1, 0.15) is 5.01 Å². The first-order valence-corrected chi connectivity index (χ1v) is 8.86. The second kappa shape index (κ2) is 7.21. The van der Waals surface area contributed by atoms with Gasteiger partial charge in [-0.25, -0.2) is 4.98 Å². The third-order valence-electron chi connectivity index (χ3n) is 4.42. The zero-order valence-corrected chi connectivity index (χ0v) is 14.1. The van der Waals surface area contributed by atoms with Crippen LogP contribution in [0.5, 0.6) is 0 Å². The smallest absolute Gasteiger partial charge is 0.124 e. The van der Waals surface area contributed by atoms with Crippen LogP contribution in [0, 0.1) is 0 Å². The molecular formula is C17H21N3O2S. The van der Waals surface area contributed by atoms with E-state index in [1.54, 1.807) is 10.3 Å². The van der Waals surface area contributed by atoms with Crippen molar-refractivity contribution in [2.45, 2.75) is 13.5 Å². The number of aromatic carboxylic acids is 1. The highest BCUT2D eigenvalue weighted by atomic mass is 32.1. The van der Waals surface area contributed by atoms with Crippen LogP contribution in [-0.2, 0) is 6.54 Å². The summed E-state index contributed by atoms with van der Waals surface area (Å²) < 4.78 is 0. The molecule has 0 atom stereocenters. The molecule has 0 unspecified atom stereocenters. The Bertz CT molecular complexity index is 678. The molecule has 1 aliphatic rings. The average Bonchev–Trinajstić information content (AvgIpc) is 3.06. The maximum Gasteiger partial charge on any atom is 0.124 e. The van der Waals surface area contributed by atoms with Crippen LogP contribution in [0.15, 0.2) is 29.6 Å². The summed E-state index contributed by atoms with van der Waals surface area (Å²) in [5, 5.41) is 13.2. The summed E-state index contributed by atoms with van der Waals surface area (Å²) in [5.41, 5.74) is 2.24. The van der Waals surface area contributed by atoms with Crippen LogP contribution in [0.1, 0.15) is 23.0 Å². The summed E-state index contributed by atoms with van der Waals surface area (Å²) in [7, 11) is 0. The Balaban J connectivity index is 1.77. The molecule has 1 saturated heterocycles. The Morgan fingerprint density at radius 2 is 2.09 bits per heavy atom. The van der Waals surface area contributed by atoms with E-state index in [0.29, 0.717) is 0 Å². The molecule has 0 bridgehead atoms. The van der Waals surface area contributed by atoms with Crippen LogP contribution in [0.2, 0.25) is 0 Å². The van der Waals surface area contributed by atoms with E-state index < -0.39 is 5.97 Å². The summed E-state index contributed by atoms with van der Waals surface area (Å²) in [6.07, 6.45) is 0. The molecule has 3 rings (SSSR count). The molecule has 1 aliphatic heterocycles. The lowest BCUT2D eigenvalue weighted by molar-refractivity contribution is -0.902. The molecule has 0 spiro atoms. The number of nitrogens with zero attached hydrogens (tertiary/aromatic N) is 2. The molecule has 0 aliphatic carbocycles. The van der Waals surface area contributed by atoms with Gasteiger partial charge in [0.2, 0.25) is 0 Å². The first-order chi connectivity index (χ1) is 11.2. The van der Waals surface area contributed by atoms with Crippen molar-refractivity contribution in [3.05, 3.63) is 40.9 Å². The molecule has 1 aromatic carbocycles. The summed E-state index contributed by atoms with van der Waals surface area (Å²) in [6, 6.07) is 8.12. The van der Waals surface area contributed by atoms with E-state index in [4.69, 9.17) is 0 Å². The highest BCUT2D eigenvalue weighted by Crippen LogP contribution is 2.27. The largest absolute Gasteiger partial charge is 0.543 e. The molecular weight excluding hydrogens is 310 g/mol. The van der Waals surface area contributed by atoms with Crippen molar-refractivity contribution in [1.29, 1.82) is 0 Å². The fraction of sp³-hybridized carbons (Fsp3) is 0.412. The Labute approximate surface area is 140 Å². The van der Waals surface area contributed by atoms with Crippen LogP contribution in [0.25, 0.3) is 10.6 Å². The Morgan fingerprint density at radius 1 is 1.35 bits per heavy atom. The molecule has 0 saturated carbocycles. The molecule has 0 amide bonds. The van der Waals surface area contributed by atoms with Gasteiger partial charge in [0, 0.05) is 30.6 Å². The molecule has 0 radical (unpaired) electrons. The van der Waals surface area contributed by atoms with E-state index in [1.165, 1.54) is 36.5 Å². The highest BCUT2D eigenvalue weighted by molar-refractivity contribution is 7.13. The van der Waals surface area contributed by atoms with Gasteiger partial charge in [-0.1, -0.05) is 24.3 Å². The van der Waals surface area contributed by atoms with Crippen molar-refractivity contribution in [2.75, 3.05) is 32.7 Å². The van der Waals surface area contributed by atoms with Crippen LogP contribution in [-0.4, -0.2) is 48.6 Å². The number of carboxylic acid groups (broad SMARTS) is 1. The van der Waals surface area contributed by atoms with Gasteiger partial charge in [-0.2, -0.15) is 0 Å². The lowest BCUT2D eigenvalue weighted by atomic mass is 10.1. The minimum Gasteiger partial charge on any atom is -0.543 e. The number of benzene rings is 1. The number of hydrogen-bond acceptors (Lipinski definition) is 5. The second-order valence-electron chi connectivity index (χ2n) is 5.86.